The molecule has 0 spiro atoms. The molecule has 0 aliphatic carbocycles. The van der Waals surface area contributed by atoms with Crippen LogP contribution < -0.4 is 15.4 Å². The van der Waals surface area contributed by atoms with E-state index in [4.69, 9.17) is 0 Å². The van der Waals surface area contributed by atoms with Crippen molar-refractivity contribution in [2.45, 2.75) is 0 Å². The molecule has 0 unspecified atom stereocenters. The van der Waals surface area contributed by atoms with E-state index in [1.165, 1.54) is 0 Å². The van der Waals surface area contributed by atoms with Crippen molar-refractivity contribution in [3.63, 3.8) is 0 Å². The third-order valence-corrected chi connectivity index (χ3v) is 0.780. The van der Waals surface area contributed by atoms with Crippen LogP contribution in [0.5, 0.6) is 0 Å². The summed E-state index contributed by atoms with van der Waals surface area (Å²) in [6, 6.07) is 0. The Bertz CT molecular complexity index is 160. The Morgan fingerprint density at radius 2 is 2.12 bits per heavy atom. The van der Waals surface area contributed by atoms with Gasteiger partial charge in [0, 0.05) is 0 Å². The van der Waals surface area contributed by atoms with Crippen molar-refractivity contribution in [3.8, 4) is 0 Å². The van der Waals surface area contributed by atoms with Gasteiger partial charge in [-0.25, -0.2) is 5.14 Å². The Morgan fingerprint density at radius 1 is 1.62 bits per heavy atom. The SMILES string of the molecule is NS(=O)(=O)NNC=S. The molecule has 48 valence electrons. The number of thiocarbonyl (C=S) groups is 1. The first-order valence-electron chi connectivity index (χ1n) is 1.55. The maximum atomic E-state index is 9.93. The zero-order chi connectivity index (χ0) is 6.62. The first-order valence-corrected chi connectivity index (χ1v) is 3.57. The maximum Gasteiger partial charge on any atom is 0.291 e. The molecule has 5 nitrogen and oxygen atoms in total. The number of hydrogen-bond acceptors (Lipinski definition) is 3. The molecule has 0 saturated carbocycles. The van der Waals surface area contributed by atoms with Gasteiger partial charge in [-0.2, -0.15) is 8.42 Å². The van der Waals surface area contributed by atoms with Crippen LogP contribution in [-0.4, -0.2) is 13.9 Å². The van der Waals surface area contributed by atoms with E-state index in [1.54, 1.807) is 4.83 Å². The molecule has 0 bridgehead atoms. The molecule has 0 atom stereocenters. The lowest BCUT2D eigenvalue weighted by Gasteiger charge is -1.95. The highest BCUT2D eigenvalue weighted by Gasteiger charge is 1.93. The summed E-state index contributed by atoms with van der Waals surface area (Å²) < 4.78 is 19.9. The van der Waals surface area contributed by atoms with E-state index >= 15 is 0 Å². The lowest BCUT2D eigenvalue weighted by molar-refractivity contribution is 0.580. The molecule has 0 aliphatic rings. The van der Waals surface area contributed by atoms with Gasteiger partial charge in [-0.3, -0.25) is 0 Å². The van der Waals surface area contributed by atoms with E-state index in [1.807, 2.05) is 5.43 Å². The quantitative estimate of drug-likeness (QED) is 0.333. The van der Waals surface area contributed by atoms with Gasteiger partial charge in [0.2, 0.25) is 0 Å². The fraction of sp³-hybridized carbons (Fsp3) is 0. The van der Waals surface area contributed by atoms with Gasteiger partial charge in [-0.1, -0.05) is 12.2 Å². The highest BCUT2D eigenvalue weighted by atomic mass is 32.2. The van der Waals surface area contributed by atoms with E-state index in [-0.39, 0.29) is 0 Å². The third-order valence-electron chi connectivity index (χ3n) is 0.260. The molecule has 0 rings (SSSR count). The van der Waals surface area contributed by atoms with E-state index in [9.17, 15) is 8.42 Å². The lowest BCUT2D eigenvalue weighted by Crippen LogP contribution is -2.40. The standard InChI is InChI=1S/CH5N3O2S2/c2-8(5,6)4-3-1-7/h1,4H,(H,3,7)(H2,2,5,6). The highest BCUT2D eigenvalue weighted by molar-refractivity contribution is 7.87. The number of hydrogen-bond donors (Lipinski definition) is 3. The highest BCUT2D eigenvalue weighted by Crippen LogP contribution is 1.55. The smallest absolute Gasteiger partial charge is 0.291 e. The van der Waals surface area contributed by atoms with Crippen molar-refractivity contribution in [2.24, 2.45) is 5.14 Å². The summed E-state index contributed by atoms with van der Waals surface area (Å²) in [6.07, 6.45) is 0. The Balaban J connectivity index is 3.57. The molecule has 4 N–H and O–H groups in total. The van der Waals surface area contributed by atoms with Crippen molar-refractivity contribution in [1.29, 1.82) is 0 Å². The van der Waals surface area contributed by atoms with Gasteiger partial charge in [-0.15, -0.1) is 4.83 Å². The summed E-state index contributed by atoms with van der Waals surface area (Å²) in [5.74, 6) is 0. The normalized spacial score (nSPS) is 10.6. The minimum absolute atomic E-state index is 0.990. The van der Waals surface area contributed by atoms with Gasteiger partial charge in [0.05, 0.1) is 5.49 Å². The zero-order valence-electron chi connectivity index (χ0n) is 3.79. The maximum absolute atomic E-state index is 9.93. The third kappa shape index (κ3) is 5.76. The number of rotatable bonds is 3. The molecule has 0 aromatic heterocycles. The fourth-order valence-electron chi connectivity index (χ4n) is 0.106. The fourth-order valence-corrected chi connectivity index (χ4v) is 0.463. The molecule has 0 radical (unpaired) electrons. The van der Waals surface area contributed by atoms with Gasteiger partial charge < -0.3 is 5.43 Å². The Labute approximate surface area is 52.4 Å². The number of hydrazine groups is 1. The monoisotopic (exact) mass is 155 g/mol. The summed E-state index contributed by atoms with van der Waals surface area (Å²) in [4.78, 5) is 1.71. The van der Waals surface area contributed by atoms with Gasteiger partial charge in [0.1, 0.15) is 0 Å². The first-order chi connectivity index (χ1) is 3.56. The summed E-state index contributed by atoms with van der Waals surface area (Å²) in [6.45, 7) is 0. The van der Waals surface area contributed by atoms with Crippen LogP contribution in [0.25, 0.3) is 0 Å². The van der Waals surface area contributed by atoms with Gasteiger partial charge >= 0.3 is 0 Å². The molecule has 0 aromatic rings. The zero-order valence-corrected chi connectivity index (χ0v) is 5.42. The minimum atomic E-state index is -3.65. The largest absolute Gasteiger partial charge is 0.304 e. The molecule has 0 amide bonds. The van der Waals surface area contributed by atoms with E-state index < -0.39 is 10.2 Å². The van der Waals surface area contributed by atoms with Crippen molar-refractivity contribution >= 4 is 27.9 Å². The Hall–Kier alpha value is -0.240. The van der Waals surface area contributed by atoms with E-state index in [2.05, 4.69) is 17.4 Å². The van der Waals surface area contributed by atoms with Crippen LogP contribution in [0.2, 0.25) is 0 Å². The Kier molecular flexibility index (Phi) is 2.84. The molecule has 0 heterocycles. The molecule has 0 aliphatic heterocycles. The summed E-state index contributed by atoms with van der Waals surface area (Å²) in [5, 5.41) is 4.45. The topological polar surface area (TPSA) is 84.2 Å². The molecular formula is CH5N3O2S2. The van der Waals surface area contributed by atoms with E-state index in [0.717, 1.165) is 5.49 Å². The molecule has 0 saturated heterocycles. The average molecular weight is 155 g/mol. The summed E-state index contributed by atoms with van der Waals surface area (Å²) in [5.41, 5.74) is 3.01. The summed E-state index contributed by atoms with van der Waals surface area (Å²) in [7, 11) is -3.65. The van der Waals surface area contributed by atoms with Crippen LogP contribution in [0.4, 0.5) is 0 Å². The van der Waals surface area contributed by atoms with E-state index in [0.29, 0.717) is 0 Å². The van der Waals surface area contributed by atoms with Crippen LogP contribution in [0, 0.1) is 0 Å². The van der Waals surface area contributed by atoms with Crippen molar-refractivity contribution in [2.75, 3.05) is 0 Å². The lowest BCUT2D eigenvalue weighted by atomic mass is 11.5. The predicted octanol–water partition coefficient (Wildman–Crippen LogP) is -1.76. The van der Waals surface area contributed by atoms with Crippen LogP contribution in [0.3, 0.4) is 0 Å². The van der Waals surface area contributed by atoms with Gasteiger partial charge in [-0.05, 0) is 0 Å². The van der Waals surface area contributed by atoms with Crippen LogP contribution in [0.15, 0.2) is 0 Å². The molecular weight excluding hydrogens is 150 g/mol. The van der Waals surface area contributed by atoms with Crippen molar-refractivity contribution in [1.82, 2.24) is 10.3 Å². The molecule has 7 heteroatoms. The number of nitrogens with two attached hydrogens (primary N) is 1. The minimum Gasteiger partial charge on any atom is -0.304 e. The van der Waals surface area contributed by atoms with Crippen LogP contribution in [0.1, 0.15) is 0 Å². The van der Waals surface area contributed by atoms with Crippen LogP contribution >= 0.6 is 12.2 Å². The van der Waals surface area contributed by atoms with Gasteiger partial charge in [0.15, 0.2) is 0 Å². The van der Waals surface area contributed by atoms with Crippen molar-refractivity contribution in [3.05, 3.63) is 0 Å². The second-order valence-electron chi connectivity index (χ2n) is 0.909. The predicted molar refractivity (Wildman–Crippen MR) is 33.0 cm³/mol. The average Bonchev–Trinajstić information content (AvgIpc) is 1.59. The van der Waals surface area contributed by atoms with Gasteiger partial charge in [0.25, 0.3) is 10.2 Å². The van der Waals surface area contributed by atoms with Crippen molar-refractivity contribution < 1.29 is 8.42 Å². The molecule has 0 fully saturated rings. The second kappa shape index (κ2) is 2.92. The molecule has 0 aromatic carbocycles. The Morgan fingerprint density at radius 3 is 2.25 bits per heavy atom. The summed E-state index contributed by atoms with van der Waals surface area (Å²) >= 11 is 4.20. The molecule has 8 heavy (non-hydrogen) atoms. The second-order valence-corrected chi connectivity index (χ2v) is 2.44. The van der Waals surface area contributed by atoms with Crippen LogP contribution in [-0.2, 0) is 10.2 Å². The number of nitrogens with one attached hydrogen (secondary N) is 2. The first kappa shape index (κ1) is 7.76.